The fourth-order valence-corrected chi connectivity index (χ4v) is 2.27. The lowest BCUT2D eigenvalue weighted by Gasteiger charge is -2.10. The van der Waals surface area contributed by atoms with E-state index in [0.29, 0.717) is 38.2 Å². The van der Waals surface area contributed by atoms with Crippen LogP contribution in [0.3, 0.4) is 0 Å². The first kappa shape index (κ1) is 15.2. The molecule has 0 atom stereocenters. The van der Waals surface area contributed by atoms with E-state index in [1.54, 1.807) is 18.2 Å². The van der Waals surface area contributed by atoms with Crippen molar-refractivity contribution in [2.45, 2.75) is 19.8 Å². The minimum atomic E-state index is 0.399. The van der Waals surface area contributed by atoms with Crippen LogP contribution in [0.15, 0.2) is 18.2 Å². The minimum absolute atomic E-state index is 0.399. The lowest BCUT2D eigenvalue weighted by atomic mass is 10.3. The van der Waals surface area contributed by atoms with E-state index >= 15 is 0 Å². The highest BCUT2D eigenvalue weighted by atomic mass is 35.5. The molecule has 0 spiro atoms. The number of benzene rings is 1. The van der Waals surface area contributed by atoms with Gasteiger partial charge in [-0.15, -0.1) is 0 Å². The van der Waals surface area contributed by atoms with Gasteiger partial charge in [0.25, 0.3) is 0 Å². The summed E-state index contributed by atoms with van der Waals surface area (Å²) in [7, 11) is 0. The summed E-state index contributed by atoms with van der Waals surface area (Å²) in [5.41, 5.74) is 6.38. The molecule has 0 unspecified atom stereocenters. The summed E-state index contributed by atoms with van der Waals surface area (Å²) in [6.45, 7) is 2.05. The van der Waals surface area contributed by atoms with Crippen LogP contribution in [0.1, 0.15) is 19.2 Å². The van der Waals surface area contributed by atoms with Crippen molar-refractivity contribution in [2.75, 3.05) is 11.1 Å². The molecule has 0 aliphatic rings. The Morgan fingerprint density at radius 2 is 1.75 bits per heavy atom. The van der Waals surface area contributed by atoms with Crippen LogP contribution in [-0.4, -0.2) is 9.97 Å². The summed E-state index contributed by atoms with van der Waals surface area (Å²) in [5, 5.41) is 4.34. The van der Waals surface area contributed by atoms with Crippen molar-refractivity contribution in [3.8, 4) is 0 Å². The standard InChI is InChI=1S/C13H13Cl3N4/c1-2-3-12-19-11(17)6-13(20-12)18-10-5-8(15)7(14)4-9(10)16/h4-6H,2-3H2,1H3,(H3,17,18,19,20). The van der Waals surface area contributed by atoms with Gasteiger partial charge in [-0.05, 0) is 18.6 Å². The van der Waals surface area contributed by atoms with Gasteiger partial charge in [0.15, 0.2) is 0 Å². The number of hydrogen-bond donors (Lipinski definition) is 2. The summed E-state index contributed by atoms with van der Waals surface area (Å²) in [5.74, 6) is 1.66. The number of hydrogen-bond acceptors (Lipinski definition) is 4. The molecule has 106 valence electrons. The van der Waals surface area contributed by atoms with Crippen molar-refractivity contribution in [1.82, 2.24) is 9.97 Å². The number of nitrogen functional groups attached to an aromatic ring is 1. The van der Waals surface area contributed by atoms with Crippen molar-refractivity contribution in [3.05, 3.63) is 39.1 Å². The van der Waals surface area contributed by atoms with Gasteiger partial charge in [0.05, 0.1) is 20.8 Å². The summed E-state index contributed by atoms with van der Waals surface area (Å²) < 4.78 is 0. The third-order valence-electron chi connectivity index (χ3n) is 2.54. The van der Waals surface area contributed by atoms with Crippen LogP contribution in [-0.2, 0) is 6.42 Å². The summed E-state index contributed by atoms with van der Waals surface area (Å²) in [4.78, 5) is 8.54. The Hall–Kier alpha value is -1.23. The number of nitrogens with zero attached hydrogens (tertiary/aromatic N) is 2. The third-order valence-corrected chi connectivity index (χ3v) is 3.57. The molecular weight excluding hydrogens is 319 g/mol. The van der Waals surface area contributed by atoms with Crippen LogP contribution in [0.4, 0.5) is 17.3 Å². The van der Waals surface area contributed by atoms with Crippen LogP contribution in [0.25, 0.3) is 0 Å². The second-order valence-corrected chi connectivity index (χ2v) is 5.44. The normalized spacial score (nSPS) is 10.6. The van der Waals surface area contributed by atoms with Gasteiger partial charge in [-0.25, -0.2) is 9.97 Å². The molecule has 2 aromatic rings. The number of nitrogens with one attached hydrogen (secondary N) is 1. The molecule has 0 radical (unpaired) electrons. The number of aryl methyl sites for hydroxylation is 1. The van der Waals surface area contributed by atoms with Crippen molar-refractivity contribution in [1.29, 1.82) is 0 Å². The van der Waals surface area contributed by atoms with Crippen LogP contribution < -0.4 is 11.1 Å². The molecule has 7 heteroatoms. The molecule has 2 rings (SSSR count). The molecule has 3 N–H and O–H groups in total. The molecule has 20 heavy (non-hydrogen) atoms. The van der Waals surface area contributed by atoms with Crippen LogP contribution in [0.5, 0.6) is 0 Å². The minimum Gasteiger partial charge on any atom is -0.384 e. The fraction of sp³-hybridized carbons (Fsp3) is 0.231. The number of halogens is 3. The van der Waals surface area contributed by atoms with Crippen LogP contribution in [0.2, 0.25) is 15.1 Å². The molecule has 1 heterocycles. The van der Waals surface area contributed by atoms with E-state index in [9.17, 15) is 0 Å². The highest BCUT2D eigenvalue weighted by molar-refractivity contribution is 6.44. The molecule has 0 saturated heterocycles. The van der Waals surface area contributed by atoms with E-state index in [-0.39, 0.29) is 0 Å². The average Bonchev–Trinajstić information content (AvgIpc) is 2.35. The number of nitrogens with two attached hydrogens (primary N) is 1. The van der Waals surface area contributed by atoms with E-state index in [2.05, 4.69) is 22.2 Å². The zero-order chi connectivity index (χ0) is 14.7. The highest BCUT2D eigenvalue weighted by Crippen LogP contribution is 2.33. The Kier molecular flexibility index (Phi) is 4.91. The van der Waals surface area contributed by atoms with E-state index in [4.69, 9.17) is 40.5 Å². The predicted molar refractivity (Wildman–Crippen MR) is 85.2 cm³/mol. The molecule has 0 saturated carbocycles. The predicted octanol–water partition coefficient (Wildman–Crippen LogP) is 4.72. The first-order valence-corrected chi connectivity index (χ1v) is 7.18. The van der Waals surface area contributed by atoms with Crippen molar-refractivity contribution in [2.24, 2.45) is 0 Å². The van der Waals surface area contributed by atoms with E-state index in [1.807, 2.05) is 0 Å². The van der Waals surface area contributed by atoms with Crippen LogP contribution in [0, 0.1) is 0 Å². The highest BCUT2D eigenvalue weighted by Gasteiger charge is 2.08. The maximum absolute atomic E-state index is 6.11. The van der Waals surface area contributed by atoms with Crippen molar-refractivity contribution >= 4 is 52.1 Å². The quantitative estimate of drug-likeness (QED) is 0.796. The first-order chi connectivity index (χ1) is 9.49. The molecule has 1 aromatic carbocycles. The Bertz CT molecular complexity index is 631. The zero-order valence-corrected chi connectivity index (χ0v) is 13.0. The van der Waals surface area contributed by atoms with Gasteiger partial charge in [-0.1, -0.05) is 41.7 Å². The number of anilines is 3. The van der Waals surface area contributed by atoms with Crippen molar-refractivity contribution in [3.63, 3.8) is 0 Å². The van der Waals surface area contributed by atoms with Gasteiger partial charge in [0.1, 0.15) is 17.5 Å². The lowest BCUT2D eigenvalue weighted by Crippen LogP contribution is -2.03. The number of rotatable bonds is 4. The maximum atomic E-state index is 6.11. The van der Waals surface area contributed by atoms with Gasteiger partial charge in [0.2, 0.25) is 0 Å². The third kappa shape index (κ3) is 3.66. The largest absolute Gasteiger partial charge is 0.384 e. The number of aromatic nitrogens is 2. The first-order valence-electron chi connectivity index (χ1n) is 6.04. The van der Waals surface area contributed by atoms with Crippen molar-refractivity contribution < 1.29 is 0 Å². The van der Waals surface area contributed by atoms with E-state index < -0.39 is 0 Å². The van der Waals surface area contributed by atoms with Gasteiger partial charge >= 0.3 is 0 Å². The molecule has 0 amide bonds. The monoisotopic (exact) mass is 330 g/mol. The lowest BCUT2D eigenvalue weighted by molar-refractivity contribution is 0.839. The Morgan fingerprint density at radius 1 is 1.05 bits per heavy atom. The van der Waals surface area contributed by atoms with Gasteiger partial charge in [0, 0.05) is 12.5 Å². The SMILES string of the molecule is CCCc1nc(N)cc(Nc2cc(Cl)c(Cl)cc2Cl)n1. The maximum Gasteiger partial charge on any atom is 0.136 e. The smallest absolute Gasteiger partial charge is 0.136 e. The topological polar surface area (TPSA) is 63.8 Å². The summed E-state index contributed by atoms with van der Waals surface area (Å²) >= 11 is 18.0. The Balaban J connectivity index is 2.32. The summed E-state index contributed by atoms with van der Waals surface area (Å²) in [6, 6.07) is 4.85. The molecule has 0 fully saturated rings. The Morgan fingerprint density at radius 3 is 2.45 bits per heavy atom. The molecule has 0 aliphatic heterocycles. The molecule has 0 aliphatic carbocycles. The van der Waals surface area contributed by atoms with Gasteiger partial charge in [-0.3, -0.25) is 0 Å². The van der Waals surface area contributed by atoms with E-state index in [0.717, 1.165) is 12.8 Å². The Labute approximate surface area is 132 Å². The molecule has 4 nitrogen and oxygen atoms in total. The van der Waals surface area contributed by atoms with Crippen LogP contribution >= 0.6 is 34.8 Å². The summed E-state index contributed by atoms with van der Waals surface area (Å²) in [6.07, 6.45) is 1.70. The van der Waals surface area contributed by atoms with Gasteiger partial charge < -0.3 is 11.1 Å². The second-order valence-electron chi connectivity index (χ2n) is 4.22. The molecule has 0 bridgehead atoms. The fourth-order valence-electron chi connectivity index (χ4n) is 1.67. The zero-order valence-electron chi connectivity index (χ0n) is 10.8. The average molecular weight is 332 g/mol. The second kappa shape index (κ2) is 6.48. The van der Waals surface area contributed by atoms with Gasteiger partial charge in [-0.2, -0.15) is 0 Å². The molecular formula is C13H13Cl3N4. The van der Waals surface area contributed by atoms with E-state index in [1.165, 1.54) is 0 Å². The molecule has 1 aromatic heterocycles.